The van der Waals surface area contributed by atoms with Gasteiger partial charge in [0, 0.05) is 10.4 Å². The first kappa shape index (κ1) is 12.1. The largest absolute Gasteiger partial charge is 0.350 e. The summed E-state index contributed by atoms with van der Waals surface area (Å²) in [7, 11) is 0. The molecule has 0 aromatic heterocycles. The van der Waals surface area contributed by atoms with E-state index in [1.165, 1.54) is 5.56 Å². The van der Waals surface area contributed by atoms with Crippen molar-refractivity contribution in [2.75, 3.05) is 13.2 Å². The number of rotatable bonds is 2. The molecule has 0 unspecified atom stereocenters. The maximum Gasteiger partial charge on any atom is 0.162 e. The van der Waals surface area contributed by atoms with Crippen LogP contribution in [0.5, 0.6) is 0 Å². The van der Waals surface area contributed by atoms with E-state index in [-0.39, 0.29) is 0 Å². The van der Waals surface area contributed by atoms with Crippen molar-refractivity contribution in [3.63, 3.8) is 0 Å². The Labute approximate surface area is 105 Å². The van der Waals surface area contributed by atoms with Crippen molar-refractivity contribution >= 4 is 15.9 Å². The summed E-state index contributed by atoms with van der Waals surface area (Å²) in [5.74, 6) is 0.0603. The standard InChI is InChI=1S/C13H17BrO2/c1-13(2)15-8-11(9-16-13)7-10-3-5-12(14)6-4-10/h3-6,11H,7-9H2,1-2H3. The fraction of sp³-hybridized carbons (Fsp3) is 0.538. The third-order valence-corrected chi connectivity index (χ3v) is 3.30. The van der Waals surface area contributed by atoms with Gasteiger partial charge in [0.05, 0.1) is 13.2 Å². The lowest BCUT2D eigenvalue weighted by atomic mass is 10.00. The van der Waals surface area contributed by atoms with E-state index in [0.717, 1.165) is 24.1 Å². The zero-order valence-electron chi connectivity index (χ0n) is 9.70. The van der Waals surface area contributed by atoms with E-state index in [1.807, 2.05) is 13.8 Å². The van der Waals surface area contributed by atoms with Crippen LogP contribution in [0.3, 0.4) is 0 Å². The fourth-order valence-electron chi connectivity index (χ4n) is 1.80. The van der Waals surface area contributed by atoms with Gasteiger partial charge in [-0.3, -0.25) is 0 Å². The Bertz CT molecular complexity index is 335. The van der Waals surface area contributed by atoms with Crippen LogP contribution in [0.1, 0.15) is 19.4 Å². The van der Waals surface area contributed by atoms with Crippen LogP contribution in [0.4, 0.5) is 0 Å². The quantitative estimate of drug-likeness (QED) is 0.829. The first-order chi connectivity index (χ1) is 7.55. The van der Waals surface area contributed by atoms with Gasteiger partial charge in [-0.05, 0) is 38.0 Å². The van der Waals surface area contributed by atoms with Gasteiger partial charge in [0.1, 0.15) is 0 Å². The van der Waals surface area contributed by atoms with Gasteiger partial charge in [0.2, 0.25) is 0 Å². The van der Waals surface area contributed by atoms with Gasteiger partial charge in [-0.15, -0.1) is 0 Å². The molecule has 0 saturated carbocycles. The molecule has 2 rings (SSSR count). The molecule has 88 valence electrons. The van der Waals surface area contributed by atoms with Crippen LogP contribution < -0.4 is 0 Å². The van der Waals surface area contributed by atoms with Crippen LogP contribution >= 0.6 is 15.9 Å². The van der Waals surface area contributed by atoms with Crippen LogP contribution in [0.15, 0.2) is 28.7 Å². The van der Waals surface area contributed by atoms with E-state index in [9.17, 15) is 0 Å². The van der Waals surface area contributed by atoms with E-state index < -0.39 is 5.79 Å². The van der Waals surface area contributed by atoms with Crippen molar-refractivity contribution in [1.29, 1.82) is 0 Å². The van der Waals surface area contributed by atoms with Gasteiger partial charge in [-0.25, -0.2) is 0 Å². The van der Waals surface area contributed by atoms with E-state index in [2.05, 4.69) is 40.2 Å². The number of benzene rings is 1. The third kappa shape index (κ3) is 3.30. The topological polar surface area (TPSA) is 18.5 Å². The summed E-state index contributed by atoms with van der Waals surface area (Å²) in [5.41, 5.74) is 1.33. The molecule has 2 nitrogen and oxygen atoms in total. The van der Waals surface area contributed by atoms with E-state index in [0.29, 0.717) is 5.92 Å². The fourth-order valence-corrected chi connectivity index (χ4v) is 2.06. The molecule has 1 saturated heterocycles. The predicted molar refractivity (Wildman–Crippen MR) is 67.3 cm³/mol. The molecule has 1 aromatic rings. The van der Waals surface area contributed by atoms with Gasteiger partial charge in [-0.2, -0.15) is 0 Å². The van der Waals surface area contributed by atoms with Crippen molar-refractivity contribution in [3.05, 3.63) is 34.3 Å². The van der Waals surface area contributed by atoms with Gasteiger partial charge >= 0.3 is 0 Å². The molecule has 1 aliphatic heterocycles. The predicted octanol–water partition coefficient (Wildman–Crippen LogP) is 3.39. The minimum atomic E-state index is -0.407. The lowest BCUT2D eigenvalue weighted by molar-refractivity contribution is -0.261. The second kappa shape index (κ2) is 4.86. The summed E-state index contributed by atoms with van der Waals surface area (Å²) in [6, 6.07) is 8.43. The van der Waals surface area contributed by atoms with Crippen molar-refractivity contribution in [2.24, 2.45) is 5.92 Å². The summed E-state index contributed by atoms with van der Waals surface area (Å²) < 4.78 is 12.4. The summed E-state index contributed by atoms with van der Waals surface area (Å²) in [4.78, 5) is 0. The Kier molecular flexibility index (Phi) is 3.67. The second-order valence-corrected chi connectivity index (χ2v) is 5.63. The number of hydrogen-bond acceptors (Lipinski definition) is 2. The molecule has 0 radical (unpaired) electrons. The Morgan fingerprint density at radius 1 is 1.19 bits per heavy atom. The molecule has 16 heavy (non-hydrogen) atoms. The Morgan fingerprint density at radius 2 is 1.75 bits per heavy atom. The zero-order chi connectivity index (χ0) is 11.6. The summed E-state index contributed by atoms with van der Waals surface area (Å²) in [6.45, 7) is 5.48. The lowest BCUT2D eigenvalue weighted by Crippen LogP contribution is -2.39. The van der Waals surface area contributed by atoms with Crippen LogP contribution in [0, 0.1) is 5.92 Å². The molecule has 0 aliphatic carbocycles. The first-order valence-corrected chi connectivity index (χ1v) is 6.37. The molecule has 0 atom stereocenters. The molecule has 0 amide bonds. The number of ether oxygens (including phenoxy) is 2. The Morgan fingerprint density at radius 3 is 2.31 bits per heavy atom. The second-order valence-electron chi connectivity index (χ2n) is 4.72. The highest BCUT2D eigenvalue weighted by Gasteiger charge is 2.28. The van der Waals surface area contributed by atoms with Gasteiger partial charge in [0.15, 0.2) is 5.79 Å². The molecule has 0 spiro atoms. The molecular weight excluding hydrogens is 268 g/mol. The number of hydrogen-bond donors (Lipinski definition) is 0. The molecule has 1 fully saturated rings. The van der Waals surface area contributed by atoms with Gasteiger partial charge < -0.3 is 9.47 Å². The van der Waals surface area contributed by atoms with Crippen LogP contribution in [-0.2, 0) is 15.9 Å². The lowest BCUT2D eigenvalue weighted by Gasteiger charge is -2.35. The summed E-state index contributed by atoms with van der Waals surface area (Å²) >= 11 is 3.44. The first-order valence-electron chi connectivity index (χ1n) is 5.57. The smallest absolute Gasteiger partial charge is 0.162 e. The molecule has 3 heteroatoms. The average molecular weight is 285 g/mol. The van der Waals surface area contributed by atoms with E-state index in [1.54, 1.807) is 0 Å². The summed E-state index contributed by atoms with van der Waals surface area (Å²) in [5, 5.41) is 0. The van der Waals surface area contributed by atoms with Crippen molar-refractivity contribution in [2.45, 2.75) is 26.1 Å². The monoisotopic (exact) mass is 284 g/mol. The van der Waals surface area contributed by atoms with Crippen LogP contribution in [0.25, 0.3) is 0 Å². The van der Waals surface area contributed by atoms with Crippen molar-refractivity contribution < 1.29 is 9.47 Å². The third-order valence-electron chi connectivity index (χ3n) is 2.77. The molecule has 1 aliphatic rings. The SMILES string of the molecule is CC1(C)OCC(Cc2ccc(Br)cc2)CO1. The minimum Gasteiger partial charge on any atom is -0.350 e. The highest BCUT2D eigenvalue weighted by molar-refractivity contribution is 9.10. The maximum absolute atomic E-state index is 5.64. The Balaban J connectivity index is 1.89. The van der Waals surface area contributed by atoms with Crippen LogP contribution in [-0.4, -0.2) is 19.0 Å². The molecule has 0 N–H and O–H groups in total. The van der Waals surface area contributed by atoms with Crippen molar-refractivity contribution in [1.82, 2.24) is 0 Å². The molecule has 1 aromatic carbocycles. The van der Waals surface area contributed by atoms with Gasteiger partial charge in [-0.1, -0.05) is 28.1 Å². The minimum absolute atomic E-state index is 0.407. The normalized spacial score (nSPS) is 20.9. The molecule has 0 bridgehead atoms. The van der Waals surface area contributed by atoms with E-state index >= 15 is 0 Å². The Hall–Kier alpha value is -0.380. The molecular formula is C13H17BrO2. The highest BCUT2D eigenvalue weighted by Crippen LogP contribution is 2.23. The zero-order valence-corrected chi connectivity index (χ0v) is 11.3. The highest BCUT2D eigenvalue weighted by atomic mass is 79.9. The van der Waals surface area contributed by atoms with E-state index in [4.69, 9.17) is 9.47 Å². The van der Waals surface area contributed by atoms with Gasteiger partial charge in [0.25, 0.3) is 0 Å². The molecule has 1 heterocycles. The van der Waals surface area contributed by atoms with Crippen LogP contribution in [0.2, 0.25) is 0 Å². The average Bonchev–Trinajstić information content (AvgIpc) is 2.24. The van der Waals surface area contributed by atoms with Crippen molar-refractivity contribution in [3.8, 4) is 0 Å². The summed E-state index contributed by atoms with van der Waals surface area (Å²) in [6.07, 6.45) is 1.02. The maximum atomic E-state index is 5.64. The number of halogens is 1.